The standard InChI is InChI=1S/C41H44F3N9O2.C17H14BrF3N4O/c1-5-37(28(2)3)53-39(54)51(27-48-53)36-16-14-35(15-17-36)50-21-19-49(20-22-50)34-12-9-30(10-13-34)31-11-18-38(45-24-31)41(43,44)40(55,25-52-29(4)46-26-47-52)32-7-6-8-33(42)23-32;1-11-23-10-24-25(11)9-16(26,12-3-2-4-14(19)7-12)17(20,21)15-6-5-13(18)8-22-15/h6-18,23-24,26-28,37,55H,5,19-22,25H2,1-4H3;2-8,10,26H,9H2,1H3/t37-,40?;/m0./s1. The molecule has 5 aromatic heterocycles. The van der Waals surface area contributed by atoms with Crippen molar-refractivity contribution in [2.24, 2.45) is 5.92 Å². The molecule has 0 radical (unpaired) electrons. The summed E-state index contributed by atoms with van der Waals surface area (Å²) < 4.78 is 97.2. The maximum absolute atomic E-state index is 16.3. The van der Waals surface area contributed by atoms with E-state index in [0.717, 1.165) is 94.9 Å². The number of piperazine rings is 1. The Morgan fingerprint density at radius 1 is 0.593 bits per heavy atom. The largest absolute Gasteiger partial charge is 0.377 e. The molecule has 1 aliphatic heterocycles. The van der Waals surface area contributed by atoms with Crippen LogP contribution in [0.5, 0.6) is 0 Å². The fraction of sp³-hybridized carbons (Fsp3) is 0.310. The molecule has 2 N–H and O–H groups in total. The number of aryl methyl sites for hydroxylation is 2. The van der Waals surface area contributed by atoms with Gasteiger partial charge in [0.2, 0.25) is 0 Å². The van der Waals surface area contributed by atoms with Crippen LogP contribution in [-0.4, -0.2) is 90.2 Å². The molecule has 0 aliphatic carbocycles. The molecule has 1 saturated heterocycles. The highest BCUT2D eigenvalue weighted by Crippen LogP contribution is 2.48. The van der Waals surface area contributed by atoms with E-state index >= 15 is 17.6 Å². The van der Waals surface area contributed by atoms with Crippen LogP contribution in [0.15, 0.2) is 162 Å². The summed E-state index contributed by atoms with van der Waals surface area (Å²) in [5.41, 5.74) is -3.40. The van der Waals surface area contributed by atoms with E-state index in [-0.39, 0.29) is 22.9 Å². The zero-order chi connectivity index (χ0) is 57.9. The normalized spacial score (nSPS) is 15.0. The summed E-state index contributed by atoms with van der Waals surface area (Å²) >= 11 is 3.13. The first-order valence-corrected chi connectivity index (χ1v) is 26.8. The molecule has 0 spiro atoms. The van der Waals surface area contributed by atoms with Crippen molar-refractivity contribution in [3.05, 3.63) is 213 Å². The molecule has 0 bridgehead atoms. The van der Waals surface area contributed by atoms with Crippen LogP contribution < -0.4 is 15.5 Å². The van der Waals surface area contributed by atoms with E-state index in [1.165, 1.54) is 67.5 Å². The molecule has 9 aromatic rings. The average Bonchev–Trinajstić information content (AvgIpc) is 4.38. The SMILES string of the molecule is CC[C@@H](C(C)C)n1ncn(-c2ccc(N3CCN(c4ccc(-c5ccc(C(F)(F)C(O)(Cn6ncnc6C)c6cccc(F)c6)nc5)cc4)CC3)cc2)c1=O.Cc1ncnn1CC(O)(c1cccc(F)c1)C(F)(F)c1ccc(Br)cn1. The van der Waals surface area contributed by atoms with Crippen molar-refractivity contribution in [2.75, 3.05) is 36.0 Å². The lowest BCUT2D eigenvalue weighted by Gasteiger charge is -2.37. The number of aromatic nitrogens is 11. The van der Waals surface area contributed by atoms with Crippen LogP contribution in [0.3, 0.4) is 0 Å². The number of halogens is 7. The van der Waals surface area contributed by atoms with Gasteiger partial charge in [-0.3, -0.25) is 9.97 Å². The van der Waals surface area contributed by atoms with Crippen LogP contribution in [-0.2, 0) is 36.1 Å². The molecule has 4 aromatic carbocycles. The van der Waals surface area contributed by atoms with E-state index in [0.29, 0.717) is 27.6 Å². The van der Waals surface area contributed by atoms with E-state index in [1.807, 2.05) is 48.5 Å². The third kappa shape index (κ3) is 11.8. The van der Waals surface area contributed by atoms with E-state index in [2.05, 4.69) is 81.7 Å². The number of benzene rings is 4. The Morgan fingerprint density at radius 2 is 1.05 bits per heavy atom. The molecule has 16 nitrogen and oxygen atoms in total. The molecule has 0 amide bonds. The Bertz CT molecular complexity index is 3630. The number of anilines is 2. The highest BCUT2D eigenvalue weighted by atomic mass is 79.9. The minimum atomic E-state index is -3.93. The second-order valence-corrected chi connectivity index (χ2v) is 21.0. The van der Waals surface area contributed by atoms with Gasteiger partial charge in [-0.1, -0.05) is 63.2 Å². The van der Waals surface area contributed by atoms with Crippen molar-refractivity contribution in [3.63, 3.8) is 0 Å². The van der Waals surface area contributed by atoms with Gasteiger partial charge < -0.3 is 20.0 Å². The minimum absolute atomic E-state index is 0.0522. The fourth-order valence-electron chi connectivity index (χ4n) is 9.92. The van der Waals surface area contributed by atoms with Gasteiger partial charge in [-0.2, -0.15) is 32.9 Å². The highest BCUT2D eigenvalue weighted by molar-refractivity contribution is 9.10. The summed E-state index contributed by atoms with van der Waals surface area (Å²) in [6, 6.07) is 30.2. The zero-order valence-electron chi connectivity index (χ0n) is 44.8. The van der Waals surface area contributed by atoms with Gasteiger partial charge in [-0.05, 0) is 138 Å². The predicted molar refractivity (Wildman–Crippen MR) is 296 cm³/mol. The van der Waals surface area contributed by atoms with E-state index < -0.39 is 59.2 Å². The van der Waals surface area contributed by atoms with Crippen molar-refractivity contribution >= 4 is 27.3 Å². The number of aliphatic hydroxyl groups is 2. The van der Waals surface area contributed by atoms with E-state index in [9.17, 15) is 23.8 Å². The van der Waals surface area contributed by atoms with Gasteiger partial charge in [0.25, 0.3) is 0 Å². The molecule has 1 aliphatic rings. The topological polar surface area (TPSA) is 174 Å². The number of nitrogens with zero attached hydrogens (tertiary/aromatic N) is 13. The smallest absolute Gasteiger partial charge is 0.350 e. The summed E-state index contributed by atoms with van der Waals surface area (Å²) in [7, 11) is 0. The van der Waals surface area contributed by atoms with Gasteiger partial charge in [0.15, 0.2) is 11.2 Å². The molecule has 23 heteroatoms. The molecule has 6 heterocycles. The monoisotopic (exact) mass is 1180 g/mol. The molecular formula is C58H58BrF6N13O3. The minimum Gasteiger partial charge on any atom is -0.377 e. The highest BCUT2D eigenvalue weighted by Gasteiger charge is 2.58. The number of hydrogen-bond acceptors (Lipinski definition) is 12. The van der Waals surface area contributed by atoms with Gasteiger partial charge in [0, 0.05) is 60.0 Å². The molecule has 10 rings (SSSR count). The van der Waals surface area contributed by atoms with Gasteiger partial charge in [-0.25, -0.2) is 42.2 Å². The Kier molecular flexibility index (Phi) is 16.8. The summed E-state index contributed by atoms with van der Waals surface area (Å²) in [6.07, 6.45) is 7.38. The van der Waals surface area contributed by atoms with Crippen LogP contribution >= 0.6 is 15.9 Å². The summed E-state index contributed by atoms with van der Waals surface area (Å²) in [5.74, 6) is -8.31. The van der Waals surface area contributed by atoms with Gasteiger partial charge in [0.05, 0.1) is 24.8 Å². The first kappa shape index (κ1) is 57.7. The third-order valence-electron chi connectivity index (χ3n) is 14.7. The number of pyridine rings is 2. The van der Waals surface area contributed by atoms with Gasteiger partial charge in [0.1, 0.15) is 53.7 Å². The van der Waals surface area contributed by atoms with Gasteiger partial charge >= 0.3 is 17.5 Å². The van der Waals surface area contributed by atoms with Crippen molar-refractivity contribution < 1.29 is 36.6 Å². The Hall–Kier alpha value is -8.02. The predicted octanol–water partition coefficient (Wildman–Crippen LogP) is 10.3. The third-order valence-corrected chi connectivity index (χ3v) is 15.2. The molecular weight excluding hydrogens is 1120 g/mol. The molecule has 81 heavy (non-hydrogen) atoms. The molecule has 3 atom stereocenters. The first-order valence-electron chi connectivity index (χ1n) is 26.0. The summed E-state index contributed by atoms with van der Waals surface area (Å²) in [5, 5.41) is 35.0. The van der Waals surface area contributed by atoms with Crippen LogP contribution in [0.2, 0.25) is 0 Å². The lowest BCUT2D eigenvalue weighted by molar-refractivity contribution is -0.206. The van der Waals surface area contributed by atoms with Crippen LogP contribution in [0, 0.1) is 31.4 Å². The average molecular weight is 1180 g/mol. The van der Waals surface area contributed by atoms with E-state index in [1.54, 1.807) is 29.4 Å². The Labute approximate surface area is 471 Å². The van der Waals surface area contributed by atoms with Crippen LogP contribution in [0.4, 0.5) is 37.7 Å². The quantitative estimate of drug-likeness (QED) is 0.0828. The van der Waals surface area contributed by atoms with Crippen LogP contribution in [0.25, 0.3) is 16.8 Å². The molecule has 1 fully saturated rings. The maximum Gasteiger partial charge on any atom is 0.350 e. The molecule has 422 valence electrons. The summed E-state index contributed by atoms with van der Waals surface area (Å²) in [6.45, 7) is 11.3. The van der Waals surface area contributed by atoms with Crippen molar-refractivity contribution in [2.45, 2.75) is 83.2 Å². The fourth-order valence-corrected chi connectivity index (χ4v) is 10.2. The first-order chi connectivity index (χ1) is 38.6. The second-order valence-electron chi connectivity index (χ2n) is 20.1. The molecule has 0 saturated carbocycles. The Morgan fingerprint density at radius 3 is 1.46 bits per heavy atom. The van der Waals surface area contributed by atoms with Crippen molar-refractivity contribution in [1.82, 2.24) is 53.8 Å². The zero-order valence-corrected chi connectivity index (χ0v) is 46.4. The number of alkyl halides is 4. The summed E-state index contributed by atoms with van der Waals surface area (Å²) in [4.78, 5) is 33.4. The number of hydrogen-bond donors (Lipinski definition) is 2. The number of rotatable bonds is 17. The van der Waals surface area contributed by atoms with Crippen molar-refractivity contribution in [3.8, 4) is 16.8 Å². The van der Waals surface area contributed by atoms with Gasteiger partial charge in [-0.15, -0.1) is 0 Å². The van der Waals surface area contributed by atoms with E-state index in [4.69, 9.17) is 0 Å². The van der Waals surface area contributed by atoms with Crippen molar-refractivity contribution in [1.29, 1.82) is 0 Å². The lowest BCUT2D eigenvalue weighted by atomic mass is 9.84. The lowest BCUT2D eigenvalue weighted by Crippen LogP contribution is -2.47. The second kappa shape index (κ2) is 23.6. The van der Waals surface area contributed by atoms with Crippen LogP contribution in [0.1, 0.15) is 67.4 Å². The Balaban J connectivity index is 0.000000254. The maximum atomic E-state index is 16.3. The molecule has 2 unspecified atom stereocenters.